The number of rotatable bonds is 10. The third-order valence-electron chi connectivity index (χ3n) is 7.48. The molecule has 1 aliphatic heterocycles. The van der Waals surface area contributed by atoms with Crippen molar-refractivity contribution in [3.05, 3.63) is 77.7 Å². The van der Waals surface area contributed by atoms with Crippen molar-refractivity contribution in [1.82, 2.24) is 24.6 Å². The molecule has 6 rings (SSSR count). The van der Waals surface area contributed by atoms with Crippen LogP contribution >= 0.6 is 0 Å². The van der Waals surface area contributed by atoms with Gasteiger partial charge in [-0.25, -0.2) is 9.97 Å². The van der Waals surface area contributed by atoms with Crippen LogP contribution in [0.1, 0.15) is 49.6 Å². The number of anilines is 2. The van der Waals surface area contributed by atoms with Crippen LogP contribution in [-0.2, 0) is 19.6 Å². The predicted octanol–water partition coefficient (Wildman–Crippen LogP) is 5.10. The quantitative estimate of drug-likeness (QED) is 0.233. The van der Waals surface area contributed by atoms with Crippen LogP contribution < -0.4 is 15.0 Å². The van der Waals surface area contributed by atoms with Gasteiger partial charge in [-0.3, -0.25) is 0 Å². The largest absolute Gasteiger partial charge is 0.489 e. The van der Waals surface area contributed by atoms with E-state index in [0.29, 0.717) is 19.2 Å². The van der Waals surface area contributed by atoms with Gasteiger partial charge in [0.15, 0.2) is 5.65 Å². The van der Waals surface area contributed by atoms with Gasteiger partial charge in [0.1, 0.15) is 29.8 Å². The average molecular weight is 526 g/mol. The Morgan fingerprint density at radius 3 is 2.85 bits per heavy atom. The number of aromatic amines is 1. The van der Waals surface area contributed by atoms with Crippen molar-refractivity contribution in [1.29, 1.82) is 0 Å². The summed E-state index contributed by atoms with van der Waals surface area (Å²) >= 11 is 0. The van der Waals surface area contributed by atoms with Gasteiger partial charge in [0, 0.05) is 36.9 Å². The van der Waals surface area contributed by atoms with Crippen molar-refractivity contribution in [2.24, 2.45) is 0 Å². The molecule has 9 heteroatoms. The van der Waals surface area contributed by atoms with E-state index in [0.717, 1.165) is 83.2 Å². The minimum atomic E-state index is 0.187. The number of hydrogen-bond acceptors (Lipinski definition) is 7. The molecule has 0 saturated carbocycles. The molecule has 0 spiro atoms. The summed E-state index contributed by atoms with van der Waals surface area (Å²) in [6, 6.07) is 18.5. The molecule has 0 amide bonds. The highest BCUT2D eigenvalue weighted by molar-refractivity contribution is 5.77. The molecule has 1 saturated heterocycles. The highest BCUT2D eigenvalue weighted by Gasteiger charge is 2.25. The molecule has 0 aliphatic carbocycles. The maximum absolute atomic E-state index is 9.64. The zero-order valence-electron chi connectivity index (χ0n) is 22.3. The fourth-order valence-corrected chi connectivity index (χ4v) is 5.40. The Kier molecular flexibility index (Phi) is 7.31. The molecule has 39 heavy (non-hydrogen) atoms. The Bertz CT molecular complexity index is 1540. The highest BCUT2D eigenvalue weighted by Crippen LogP contribution is 2.29. The predicted molar refractivity (Wildman–Crippen MR) is 153 cm³/mol. The summed E-state index contributed by atoms with van der Waals surface area (Å²) in [7, 11) is 0. The van der Waals surface area contributed by atoms with Gasteiger partial charge in [-0.2, -0.15) is 9.61 Å². The fourth-order valence-electron chi connectivity index (χ4n) is 5.40. The average Bonchev–Trinajstić information content (AvgIpc) is 3.59. The molecule has 0 radical (unpaired) electrons. The topological polar surface area (TPSA) is 104 Å². The van der Waals surface area contributed by atoms with Gasteiger partial charge in [0.05, 0.1) is 23.8 Å². The van der Waals surface area contributed by atoms with E-state index in [1.807, 2.05) is 47.1 Å². The summed E-state index contributed by atoms with van der Waals surface area (Å²) in [5, 5.41) is 17.8. The molecule has 2 aromatic carbocycles. The number of fused-ring (bicyclic) bond motifs is 2. The van der Waals surface area contributed by atoms with E-state index in [-0.39, 0.29) is 6.61 Å². The molecule has 1 aliphatic rings. The molecule has 3 N–H and O–H groups in total. The number of H-pyrrole nitrogens is 1. The standard InChI is InChI=1S/C30H35N7O2/c1-2-22-18-32-37-28(17-29(35-30(22)37)36-14-7-6-10-23(36)13-15-38)31-19-27-33-25-12-11-24(16-26(25)34-27)39-20-21-8-4-3-5-9-21/h3-5,8-9,11-12,16-18,23,31,38H,2,6-7,10,13-15,19-20H2,1H3,(H,33,34)/t23-/m0/s1. The van der Waals surface area contributed by atoms with Crippen molar-refractivity contribution < 1.29 is 9.84 Å². The zero-order valence-corrected chi connectivity index (χ0v) is 22.3. The van der Waals surface area contributed by atoms with Crippen LogP contribution in [0.5, 0.6) is 5.75 Å². The number of benzene rings is 2. The Balaban J connectivity index is 1.23. The van der Waals surface area contributed by atoms with Crippen LogP contribution in [-0.4, -0.2) is 48.9 Å². The molecule has 202 valence electrons. The molecule has 1 atom stereocenters. The normalized spacial score (nSPS) is 15.7. The van der Waals surface area contributed by atoms with Gasteiger partial charge in [0.25, 0.3) is 0 Å². The van der Waals surface area contributed by atoms with Gasteiger partial charge in [0.2, 0.25) is 0 Å². The Morgan fingerprint density at radius 2 is 2.00 bits per heavy atom. The smallest absolute Gasteiger partial charge is 0.162 e. The number of ether oxygens (including phenoxy) is 1. The lowest BCUT2D eigenvalue weighted by molar-refractivity contribution is 0.262. The van der Waals surface area contributed by atoms with Crippen LogP contribution in [0, 0.1) is 0 Å². The zero-order chi connectivity index (χ0) is 26.6. The van der Waals surface area contributed by atoms with Crippen LogP contribution in [0.2, 0.25) is 0 Å². The summed E-state index contributed by atoms with van der Waals surface area (Å²) in [5.74, 6) is 3.44. The number of aliphatic hydroxyl groups excluding tert-OH is 1. The Labute approximate surface area is 227 Å². The van der Waals surface area contributed by atoms with Crippen molar-refractivity contribution in [3.8, 4) is 5.75 Å². The van der Waals surface area contributed by atoms with Crippen molar-refractivity contribution in [2.45, 2.75) is 58.2 Å². The minimum absolute atomic E-state index is 0.187. The third-order valence-corrected chi connectivity index (χ3v) is 7.48. The number of aryl methyl sites for hydroxylation is 1. The number of nitrogens with one attached hydrogen (secondary N) is 2. The summed E-state index contributed by atoms with van der Waals surface area (Å²) in [6.07, 6.45) is 6.91. The van der Waals surface area contributed by atoms with Crippen molar-refractivity contribution in [3.63, 3.8) is 0 Å². The molecular weight excluding hydrogens is 490 g/mol. The van der Waals surface area contributed by atoms with Crippen LogP contribution in [0.3, 0.4) is 0 Å². The first-order valence-corrected chi connectivity index (χ1v) is 13.9. The van der Waals surface area contributed by atoms with E-state index in [1.54, 1.807) is 0 Å². The molecular formula is C30H35N7O2. The van der Waals surface area contributed by atoms with Crippen LogP contribution in [0.15, 0.2) is 60.8 Å². The fraction of sp³-hybridized carbons (Fsp3) is 0.367. The van der Waals surface area contributed by atoms with Gasteiger partial charge < -0.3 is 25.0 Å². The Hall–Kier alpha value is -4.11. The summed E-state index contributed by atoms with van der Waals surface area (Å²) in [6.45, 7) is 4.29. The van der Waals surface area contributed by atoms with Gasteiger partial charge in [-0.05, 0) is 49.8 Å². The van der Waals surface area contributed by atoms with Gasteiger partial charge in [-0.1, -0.05) is 37.3 Å². The molecule has 3 aromatic heterocycles. The molecule has 1 fully saturated rings. The Morgan fingerprint density at radius 1 is 1.10 bits per heavy atom. The van der Waals surface area contributed by atoms with Gasteiger partial charge in [-0.15, -0.1) is 0 Å². The lowest BCUT2D eigenvalue weighted by atomic mass is 9.99. The van der Waals surface area contributed by atoms with Crippen LogP contribution in [0.4, 0.5) is 11.6 Å². The lowest BCUT2D eigenvalue weighted by Gasteiger charge is -2.36. The van der Waals surface area contributed by atoms with Crippen molar-refractivity contribution >= 4 is 28.3 Å². The SMILES string of the molecule is CCc1cnn2c(NCc3nc4ccc(OCc5ccccc5)cc4[nH]3)cc(N3CCCC[C@H]3CCO)nc12. The monoisotopic (exact) mass is 525 g/mol. The first kappa shape index (κ1) is 25.2. The van der Waals surface area contributed by atoms with E-state index < -0.39 is 0 Å². The van der Waals surface area contributed by atoms with E-state index in [4.69, 9.17) is 14.7 Å². The van der Waals surface area contributed by atoms with E-state index in [1.165, 1.54) is 6.42 Å². The molecule has 4 heterocycles. The number of piperidine rings is 1. The van der Waals surface area contributed by atoms with E-state index >= 15 is 0 Å². The first-order valence-electron chi connectivity index (χ1n) is 13.9. The minimum Gasteiger partial charge on any atom is -0.489 e. The second-order valence-electron chi connectivity index (χ2n) is 10.1. The first-order chi connectivity index (χ1) is 19.2. The van der Waals surface area contributed by atoms with E-state index in [2.05, 4.69) is 45.4 Å². The number of aliphatic hydroxyl groups is 1. The van der Waals surface area contributed by atoms with Crippen LogP contribution in [0.25, 0.3) is 16.7 Å². The summed E-state index contributed by atoms with van der Waals surface area (Å²) < 4.78 is 7.87. The second kappa shape index (κ2) is 11.3. The van der Waals surface area contributed by atoms with E-state index in [9.17, 15) is 5.11 Å². The van der Waals surface area contributed by atoms with Gasteiger partial charge >= 0.3 is 0 Å². The third kappa shape index (κ3) is 5.40. The molecule has 0 unspecified atom stereocenters. The molecule has 9 nitrogen and oxygen atoms in total. The maximum Gasteiger partial charge on any atom is 0.162 e. The number of nitrogens with zero attached hydrogens (tertiary/aromatic N) is 5. The highest BCUT2D eigenvalue weighted by atomic mass is 16.5. The summed E-state index contributed by atoms with van der Waals surface area (Å²) in [5.41, 5.74) is 4.95. The lowest BCUT2D eigenvalue weighted by Crippen LogP contribution is -2.40. The van der Waals surface area contributed by atoms with Crippen molar-refractivity contribution in [2.75, 3.05) is 23.4 Å². The summed E-state index contributed by atoms with van der Waals surface area (Å²) in [4.78, 5) is 15.6. The maximum atomic E-state index is 9.64. The number of imidazole rings is 1. The number of aromatic nitrogens is 5. The second-order valence-corrected chi connectivity index (χ2v) is 10.1. The molecule has 5 aromatic rings. The number of hydrogen-bond donors (Lipinski definition) is 3. The molecule has 0 bridgehead atoms.